The first-order valence-corrected chi connectivity index (χ1v) is 5.57. The fourth-order valence-corrected chi connectivity index (χ4v) is 0.158. The van der Waals surface area contributed by atoms with Crippen molar-refractivity contribution in [1.29, 1.82) is 0 Å². The molecule has 0 aromatic heterocycles. The number of carbonyl (C=O) groups is 2. The molecule has 106 valence electrons. The highest BCUT2D eigenvalue weighted by Gasteiger charge is 1.75. The zero-order chi connectivity index (χ0) is 14.7. The molecule has 0 saturated heterocycles. The molecule has 5 heteroatoms. The molecule has 0 aliphatic carbocycles. The van der Waals surface area contributed by atoms with Gasteiger partial charge in [-0.25, -0.2) is 0 Å². The smallest absolute Gasteiger partial charge is 0.302 e. The van der Waals surface area contributed by atoms with E-state index in [1.807, 2.05) is 0 Å². The largest absolute Gasteiger partial charge is 0.469 e. The van der Waals surface area contributed by atoms with Crippen LogP contribution in [0.3, 0.4) is 0 Å². The van der Waals surface area contributed by atoms with Gasteiger partial charge in [0, 0.05) is 20.1 Å². The Balaban J connectivity index is -0.0000000676. The van der Waals surface area contributed by atoms with Crippen LogP contribution < -0.4 is 0 Å². The molecule has 0 unspecified atom stereocenters. The highest BCUT2D eigenvalue weighted by molar-refractivity contribution is 5.72. The van der Waals surface area contributed by atoms with Gasteiger partial charge in [0.1, 0.15) is 5.78 Å². The molecular weight excluding hydrogens is 224 g/mol. The Hall–Kier alpha value is -0.940. The van der Waals surface area contributed by atoms with Gasteiger partial charge >= 0.3 is 5.97 Å². The number of Topliss-reactive ketones (excluding diaryl/α,β-unsaturated/α-hetero) is 1. The Labute approximate surface area is 105 Å². The van der Waals surface area contributed by atoms with Crippen molar-refractivity contribution in [1.82, 2.24) is 0 Å². The molecule has 0 aliphatic heterocycles. The first-order chi connectivity index (χ1) is 7.83. The first kappa shape index (κ1) is 25.0. The summed E-state index contributed by atoms with van der Waals surface area (Å²) < 4.78 is 4.11. The number of ether oxygens (including phenoxy) is 1. The van der Waals surface area contributed by atoms with E-state index in [0.29, 0.717) is 6.61 Å². The summed E-state index contributed by atoms with van der Waals surface area (Å²) in [6.07, 6.45) is 2.04. The van der Waals surface area contributed by atoms with Crippen molar-refractivity contribution in [2.75, 3.05) is 20.3 Å². The highest BCUT2D eigenvalue weighted by atomic mass is 16.5. The predicted octanol–water partition coefficient (Wildman–Crippen LogP) is 1.55. The third-order valence-corrected chi connectivity index (χ3v) is 0.799. The lowest BCUT2D eigenvalue weighted by atomic mass is 10.4. The number of carbonyl (C=O) groups excluding carboxylic acids is 2. The molecule has 0 atom stereocenters. The number of rotatable bonds is 2. The van der Waals surface area contributed by atoms with E-state index < -0.39 is 0 Å². The predicted molar refractivity (Wildman–Crippen MR) is 68.8 cm³/mol. The number of ketones is 1. The van der Waals surface area contributed by atoms with Gasteiger partial charge < -0.3 is 19.7 Å². The van der Waals surface area contributed by atoms with Crippen molar-refractivity contribution in [3.8, 4) is 0 Å². The highest BCUT2D eigenvalue weighted by Crippen LogP contribution is 1.78. The zero-order valence-corrected chi connectivity index (χ0v) is 11.9. The number of hydrogen-bond acceptors (Lipinski definition) is 5. The lowest BCUT2D eigenvalue weighted by Crippen LogP contribution is -1.88. The van der Waals surface area contributed by atoms with Gasteiger partial charge in [0.25, 0.3) is 0 Å². The van der Waals surface area contributed by atoms with Crippen LogP contribution in [0.1, 0.15) is 47.5 Å². The van der Waals surface area contributed by atoms with Crippen LogP contribution in [0.15, 0.2) is 0 Å². The molecule has 5 nitrogen and oxygen atoms in total. The van der Waals surface area contributed by atoms with Crippen LogP contribution >= 0.6 is 0 Å². The van der Waals surface area contributed by atoms with Crippen LogP contribution in [0.5, 0.6) is 0 Å². The van der Waals surface area contributed by atoms with Crippen LogP contribution in [0.4, 0.5) is 0 Å². The Kier molecular flexibility index (Phi) is 43.3. The maximum absolute atomic E-state index is 9.59. The summed E-state index contributed by atoms with van der Waals surface area (Å²) in [7, 11) is 1.35. The molecular formula is C12H28O5. The number of aliphatic hydroxyl groups excluding tert-OH is 2. The number of esters is 1. The van der Waals surface area contributed by atoms with E-state index in [2.05, 4.69) is 11.7 Å². The molecule has 0 aromatic rings. The van der Waals surface area contributed by atoms with Gasteiger partial charge in [-0.1, -0.05) is 13.3 Å². The molecule has 0 fully saturated rings. The fraction of sp³-hybridized carbons (Fsp3) is 0.833. The lowest BCUT2D eigenvalue weighted by Gasteiger charge is -1.80. The molecule has 0 heterocycles. The Morgan fingerprint density at radius 1 is 1.06 bits per heavy atom. The Bertz CT molecular complexity index is 140. The third-order valence-electron chi connectivity index (χ3n) is 0.799. The summed E-state index contributed by atoms with van der Waals surface area (Å²) in [6, 6.07) is 0. The van der Waals surface area contributed by atoms with Crippen molar-refractivity contribution in [3.05, 3.63) is 0 Å². The van der Waals surface area contributed by atoms with Gasteiger partial charge in [-0.05, 0) is 27.2 Å². The Morgan fingerprint density at radius 3 is 1.29 bits per heavy atom. The topological polar surface area (TPSA) is 83.8 Å². The molecule has 0 spiro atoms. The zero-order valence-electron chi connectivity index (χ0n) is 11.9. The second-order valence-electron chi connectivity index (χ2n) is 3.00. The summed E-state index contributed by atoms with van der Waals surface area (Å²) in [6.45, 7) is 8.74. The summed E-state index contributed by atoms with van der Waals surface area (Å²) in [4.78, 5) is 19.0. The molecule has 0 aromatic carbocycles. The van der Waals surface area contributed by atoms with E-state index in [0.717, 1.165) is 12.8 Å². The standard InChI is InChI=1S/C4H10O.C3H6O2.C3H6O.C2H6O/c1-2-3-4-5;1-3(4)5-2;1-3(2)4;1-2-3/h5H,2-4H2,1H3;1-2H3;1-2H3;3H,2H2,1H3. The molecule has 0 aliphatic rings. The molecule has 17 heavy (non-hydrogen) atoms. The average Bonchev–Trinajstić information content (AvgIpc) is 2.20. The minimum atomic E-state index is -0.245. The molecule has 0 bridgehead atoms. The minimum absolute atomic E-state index is 0.167. The quantitative estimate of drug-likeness (QED) is 0.728. The maximum atomic E-state index is 9.59. The first-order valence-electron chi connectivity index (χ1n) is 5.57. The number of hydrogen-bond donors (Lipinski definition) is 2. The van der Waals surface area contributed by atoms with Gasteiger partial charge in [-0.15, -0.1) is 0 Å². The average molecular weight is 252 g/mol. The summed E-state index contributed by atoms with van der Waals surface area (Å²) >= 11 is 0. The molecule has 0 saturated carbocycles. The van der Waals surface area contributed by atoms with Crippen molar-refractivity contribution >= 4 is 11.8 Å². The third kappa shape index (κ3) is 274. The summed E-state index contributed by atoms with van der Waals surface area (Å²) in [5.41, 5.74) is 0. The maximum Gasteiger partial charge on any atom is 0.302 e. The van der Waals surface area contributed by atoms with E-state index in [1.165, 1.54) is 27.9 Å². The summed E-state index contributed by atoms with van der Waals surface area (Å²) in [5.74, 6) is -0.0787. The molecule has 0 amide bonds. The fourth-order valence-electron chi connectivity index (χ4n) is 0.158. The van der Waals surface area contributed by atoms with E-state index >= 15 is 0 Å². The van der Waals surface area contributed by atoms with Crippen LogP contribution in [0.2, 0.25) is 0 Å². The minimum Gasteiger partial charge on any atom is -0.469 e. The van der Waals surface area contributed by atoms with Crippen LogP contribution in [-0.4, -0.2) is 42.3 Å². The second kappa shape index (κ2) is 29.4. The lowest BCUT2D eigenvalue weighted by molar-refractivity contribution is -0.137. The molecule has 0 radical (unpaired) electrons. The van der Waals surface area contributed by atoms with Gasteiger partial charge in [0.15, 0.2) is 0 Å². The van der Waals surface area contributed by atoms with Gasteiger partial charge in [0.2, 0.25) is 0 Å². The van der Waals surface area contributed by atoms with Crippen LogP contribution in [-0.2, 0) is 14.3 Å². The van der Waals surface area contributed by atoms with Gasteiger partial charge in [0.05, 0.1) is 7.11 Å². The number of aliphatic hydroxyl groups is 2. The van der Waals surface area contributed by atoms with E-state index in [1.54, 1.807) is 6.92 Å². The monoisotopic (exact) mass is 252 g/mol. The summed E-state index contributed by atoms with van der Waals surface area (Å²) in [5, 5.41) is 15.6. The number of unbranched alkanes of at least 4 members (excludes halogenated alkanes) is 1. The van der Waals surface area contributed by atoms with Crippen molar-refractivity contribution in [3.63, 3.8) is 0 Å². The van der Waals surface area contributed by atoms with E-state index in [9.17, 15) is 9.59 Å². The van der Waals surface area contributed by atoms with E-state index in [-0.39, 0.29) is 18.4 Å². The van der Waals surface area contributed by atoms with Crippen molar-refractivity contribution in [2.45, 2.75) is 47.5 Å². The van der Waals surface area contributed by atoms with Crippen molar-refractivity contribution < 1.29 is 24.5 Å². The number of methoxy groups -OCH3 is 1. The van der Waals surface area contributed by atoms with Crippen molar-refractivity contribution in [2.24, 2.45) is 0 Å². The normalized spacial score (nSPS) is 7.06. The SMILES string of the molecule is CC(C)=O.CCCCO.CCO.COC(C)=O. The van der Waals surface area contributed by atoms with Crippen LogP contribution in [0, 0.1) is 0 Å². The van der Waals surface area contributed by atoms with Crippen LogP contribution in [0.25, 0.3) is 0 Å². The second-order valence-corrected chi connectivity index (χ2v) is 3.00. The van der Waals surface area contributed by atoms with Gasteiger partial charge in [-0.2, -0.15) is 0 Å². The molecule has 2 N–H and O–H groups in total. The molecule has 0 rings (SSSR count). The van der Waals surface area contributed by atoms with E-state index in [4.69, 9.17) is 10.2 Å². The van der Waals surface area contributed by atoms with Gasteiger partial charge in [-0.3, -0.25) is 4.79 Å². The Morgan fingerprint density at radius 2 is 1.29 bits per heavy atom.